The van der Waals surface area contributed by atoms with E-state index in [4.69, 9.17) is 14.5 Å². The molecule has 8 nitrogen and oxygen atoms in total. The van der Waals surface area contributed by atoms with Crippen LogP contribution in [0.5, 0.6) is 0 Å². The number of benzene rings is 1. The second kappa shape index (κ2) is 8.38. The van der Waals surface area contributed by atoms with Gasteiger partial charge in [0.05, 0.1) is 21.5 Å². The van der Waals surface area contributed by atoms with E-state index in [0.29, 0.717) is 29.1 Å². The van der Waals surface area contributed by atoms with Crippen molar-refractivity contribution in [2.45, 2.75) is 57.4 Å². The Labute approximate surface area is 203 Å². The van der Waals surface area contributed by atoms with Crippen LogP contribution in [0.1, 0.15) is 32.4 Å². The molecule has 35 heavy (non-hydrogen) atoms. The van der Waals surface area contributed by atoms with Crippen molar-refractivity contribution in [1.82, 2.24) is 15.0 Å². The number of aromatic nitrogens is 3. The zero-order valence-corrected chi connectivity index (χ0v) is 20.1. The second-order valence-corrected chi connectivity index (χ2v) is 10.2. The molecule has 0 spiro atoms. The van der Waals surface area contributed by atoms with Gasteiger partial charge >= 0.3 is 6.18 Å². The van der Waals surface area contributed by atoms with Crippen LogP contribution in [0.3, 0.4) is 0 Å². The molecule has 12 heteroatoms. The molecule has 0 radical (unpaired) electrons. The number of rotatable bonds is 6. The molecule has 1 aliphatic carbocycles. The van der Waals surface area contributed by atoms with Crippen LogP contribution in [-0.4, -0.2) is 51.6 Å². The van der Waals surface area contributed by atoms with E-state index in [1.807, 2.05) is 24.3 Å². The van der Waals surface area contributed by atoms with Gasteiger partial charge < -0.3 is 24.9 Å². The third-order valence-corrected chi connectivity index (χ3v) is 7.14. The van der Waals surface area contributed by atoms with Gasteiger partial charge in [0.25, 0.3) is 0 Å². The van der Waals surface area contributed by atoms with Gasteiger partial charge in [-0.15, -0.1) is 11.3 Å². The molecule has 2 N–H and O–H groups in total. The highest BCUT2D eigenvalue weighted by Crippen LogP contribution is 2.50. The number of aryl methyl sites for hydroxylation is 1. The van der Waals surface area contributed by atoms with Gasteiger partial charge in [-0.1, -0.05) is 12.1 Å². The van der Waals surface area contributed by atoms with Gasteiger partial charge in [-0.25, -0.2) is 9.97 Å². The first-order valence-electron chi connectivity index (χ1n) is 11.2. The molecule has 3 heterocycles. The van der Waals surface area contributed by atoms with Crippen molar-refractivity contribution in [2.75, 3.05) is 17.2 Å². The zero-order chi connectivity index (χ0) is 25.0. The summed E-state index contributed by atoms with van der Waals surface area (Å²) in [4.78, 5) is 25.1. The minimum atomic E-state index is -4.44. The number of anilines is 2. The first kappa shape index (κ1) is 23.9. The van der Waals surface area contributed by atoms with Crippen LogP contribution in [0.25, 0.3) is 20.8 Å². The monoisotopic (exact) mass is 507 g/mol. The molecule has 1 saturated heterocycles. The highest BCUT2D eigenvalue weighted by atomic mass is 32.1. The molecule has 0 bridgehead atoms. The van der Waals surface area contributed by atoms with E-state index in [1.54, 1.807) is 20.8 Å². The fourth-order valence-corrected chi connectivity index (χ4v) is 5.80. The topological polar surface area (TPSA) is 98.3 Å². The maximum Gasteiger partial charge on any atom is 0.405 e. The standard InChI is InChI=1S/C23H24F3N5O3S/c1-12-16(19-29-14-6-4-5-7-15(14)35-19)18(30-20(28-12)27-11-23(24,25)26)31-22-9-8-13(10-32)17(22)33-21(2,3)34-22/h4-7,10,13,17H,8-9,11H2,1-3H3,(H2,27,28,30,31)/t13-,17-,22+/m1/s1. The Morgan fingerprint density at radius 2 is 2.00 bits per heavy atom. The van der Waals surface area contributed by atoms with E-state index in [1.165, 1.54) is 11.3 Å². The van der Waals surface area contributed by atoms with Crippen molar-refractivity contribution in [2.24, 2.45) is 5.92 Å². The maximum atomic E-state index is 12.9. The highest BCUT2D eigenvalue weighted by Gasteiger charge is 2.60. The van der Waals surface area contributed by atoms with Gasteiger partial charge in [-0.05, 0) is 45.7 Å². The van der Waals surface area contributed by atoms with Crippen LogP contribution in [-0.2, 0) is 14.3 Å². The minimum absolute atomic E-state index is 0.178. The highest BCUT2D eigenvalue weighted by molar-refractivity contribution is 7.21. The number of nitrogens with zero attached hydrogens (tertiary/aromatic N) is 3. The summed E-state index contributed by atoms with van der Waals surface area (Å²) in [5.74, 6) is -1.27. The Bertz CT molecular complexity index is 1250. The van der Waals surface area contributed by atoms with E-state index in [2.05, 4.69) is 20.6 Å². The Balaban J connectivity index is 1.61. The lowest BCUT2D eigenvalue weighted by Crippen LogP contribution is -2.46. The summed E-state index contributed by atoms with van der Waals surface area (Å²) >= 11 is 1.43. The zero-order valence-electron chi connectivity index (χ0n) is 19.3. The smallest absolute Gasteiger partial charge is 0.345 e. The number of aldehydes is 1. The Hall–Kier alpha value is -2.83. The van der Waals surface area contributed by atoms with E-state index >= 15 is 0 Å². The number of thiazole rings is 1. The van der Waals surface area contributed by atoms with Gasteiger partial charge in [-0.2, -0.15) is 18.2 Å². The second-order valence-electron chi connectivity index (χ2n) is 9.21. The van der Waals surface area contributed by atoms with Crippen LogP contribution in [0, 0.1) is 12.8 Å². The number of nitrogens with one attached hydrogen (secondary N) is 2. The Morgan fingerprint density at radius 3 is 2.71 bits per heavy atom. The van der Waals surface area contributed by atoms with Crippen molar-refractivity contribution < 1.29 is 27.4 Å². The van der Waals surface area contributed by atoms with Crippen molar-refractivity contribution in [3.63, 3.8) is 0 Å². The van der Waals surface area contributed by atoms with E-state index in [0.717, 1.165) is 16.5 Å². The molecule has 1 saturated carbocycles. The fraction of sp³-hybridized carbons (Fsp3) is 0.478. The number of ether oxygens (including phenoxy) is 2. The first-order valence-corrected chi connectivity index (χ1v) is 12.0. The van der Waals surface area contributed by atoms with Crippen molar-refractivity contribution in [3.05, 3.63) is 30.0 Å². The summed E-state index contributed by atoms with van der Waals surface area (Å²) in [5, 5.41) is 6.19. The number of hydrogen-bond acceptors (Lipinski definition) is 9. The molecular weight excluding hydrogens is 483 g/mol. The predicted molar refractivity (Wildman–Crippen MR) is 125 cm³/mol. The first-order chi connectivity index (χ1) is 16.5. The van der Waals surface area contributed by atoms with E-state index in [9.17, 15) is 18.0 Å². The molecular formula is C23H24F3N5O3S. The quantitative estimate of drug-likeness (QED) is 0.455. The van der Waals surface area contributed by atoms with Gasteiger partial charge in [0.1, 0.15) is 29.8 Å². The van der Waals surface area contributed by atoms with Gasteiger partial charge in [0, 0.05) is 5.92 Å². The van der Waals surface area contributed by atoms with Gasteiger partial charge in [-0.3, -0.25) is 0 Å². The third-order valence-electron chi connectivity index (χ3n) is 6.09. The SMILES string of the molecule is Cc1nc(NCC(F)(F)F)nc(N[C@]23CC[C@H](C=O)[C@H]2OC(C)(C)O3)c1-c1nc2ccccc2s1. The lowest BCUT2D eigenvalue weighted by molar-refractivity contribution is -0.167. The van der Waals surface area contributed by atoms with Gasteiger partial charge in [0.2, 0.25) is 5.95 Å². The molecule has 0 amide bonds. The number of halogens is 3. The van der Waals surface area contributed by atoms with Crippen LogP contribution in [0.15, 0.2) is 24.3 Å². The van der Waals surface area contributed by atoms with Gasteiger partial charge in [0.15, 0.2) is 11.5 Å². The molecule has 3 aromatic rings. The number of carbonyl (C=O) groups excluding carboxylic acids is 1. The average molecular weight is 508 g/mol. The molecule has 186 valence electrons. The molecule has 1 aromatic carbocycles. The third kappa shape index (κ3) is 4.57. The molecule has 2 fully saturated rings. The van der Waals surface area contributed by atoms with Crippen LogP contribution in [0.4, 0.5) is 24.9 Å². The number of fused-ring (bicyclic) bond motifs is 2. The van der Waals surface area contributed by atoms with Crippen LogP contribution >= 0.6 is 11.3 Å². The maximum absolute atomic E-state index is 12.9. The van der Waals surface area contributed by atoms with E-state index < -0.39 is 30.3 Å². The summed E-state index contributed by atoms with van der Waals surface area (Å²) in [5.41, 5.74) is 0.710. The number of hydrogen-bond donors (Lipinski definition) is 2. The van der Waals surface area contributed by atoms with Crippen LogP contribution < -0.4 is 10.6 Å². The van der Waals surface area contributed by atoms with Crippen molar-refractivity contribution >= 4 is 39.6 Å². The molecule has 0 unspecified atom stereocenters. The minimum Gasteiger partial charge on any atom is -0.345 e. The molecule has 1 aliphatic heterocycles. The predicted octanol–water partition coefficient (Wildman–Crippen LogP) is 4.90. The number of para-hydroxylation sites is 1. The number of alkyl halides is 3. The summed E-state index contributed by atoms with van der Waals surface area (Å²) in [6.45, 7) is 3.93. The van der Waals surface area contributed by atoms with Crippen molar-refractivity contribution in [1.29, 1.82) is 0 Å². The lowest BCUT2D eigenvalue weighted by Gasteiger charge is -2.31. The normalized spacial score (nSPS) is 25.5. The summed E-state index contributed by atoms with van der Waals surface area (Å²) in [6, 6.07) is 7.61. The largest absolute Gasteiger partial charge is 0.405 e. The molecule has 5 rings (SSSR count). The van der Waals surface area contributed by atoms with Crippen molar-refractivity contribution in [3.8, 4) is 10.6 Å². The average Bonchev–Trinajstić information content (AvgIpc) is 3.39. The molecule has 2 aromatic heterocycles. The van der Waals surface area contributed by atoms with Crippen LogP contribution in [0.2, 0.25) is 0 Å². The fourth-order valence-electron chi connectivity index (χ4n) is 4.74. The number of carbonyl (C=O) groups is 1. The Morgan fingerprint density at radius 1 is 1.23 bits per heavy atom. The molecule has 3 atom stereocenters. The summed E-state index contributed by atoms with van der Waals surface area (Å²) < 4.78 is 51.9. The summed E-state index contributed by atoms with van der Waals surface area (Å²) in [7, 11) is 0. The summed E-state index contributed by atoms with van der Waals surface area (Å²) in [6.07, 6.45) is -3.17. The molecule has 2 aliphatic rings. The lowest BCUT2D eigenvalue weighted by atomic mass is 10.0. The van der Waals surface area contributed by atoms with E-state index in [-0.39, 0.29) is 17.7 Å². The Kier molecular flexibility index (Phi) is 5.72.